The van der Waals surface area contributed by atoms with Crippen molar-refractivity contribution in [3.8, 4) is 0 Å². The number of hydrogen-bond donors (Lipinski definition) is 2. The van der Waals surface area contributed by atoms with Crippen LogP contribution in [0.3, 0.4) is 0 Å². The van der Waals surface area contributed by atoms with Crippen LogP contribution in [0.4, 0.5) is 0 Å². The van der Waals surface area contributed by atoms with Gasteiger partial charge in [-0.05, 0) is 31.2 Å². The molecule has 0 saturated carbocycles. The van der Waals surface area contributed by atoms with Gasteiger partial charge in [-0.1, -0.05) is 30.3 Å². The van der Waals surface area contributed by atoms with Gasteiger partial charge >= 0.3 is 5.97 Å². The molecule has 0 heterocycles. The van der Waals surface area contributed by atoms with Crippen molar-refractivity contribution in [1.29, 1.82) is 0 Å². The number of carboxylic acids is 1. The summed E-state index contributed by atoms with van der Waals surface area (Å²) in [5.41, 5.74) is 1.17. The van der Waals surface area contributed by atoms with Gasteiger partial charge in [-0.15, -0.1) is 0 Å². The first-order valence-corrected chi connectivity index (χ1v) is 6.24. The van der Waals surface area contributed by atoms with Crippen LogP contribution < -0.4 is 0 Å². The molecule has 1 atom stereocenters. The molecule has 2 N–H and O–H groups in total. The molecule has 17 heavy (non-hydrogen) atoms. The van der Waals surface area contributed by atoms with Crippen LogP contribution in [-0.4, -0.2) is 21.5 Å². The standard InChI is InChI=1S/C12H15O4P/c13-11(14)12(15,17-16)9-5-4-8-10-6-2-1-3-7-10/h1-3,6-7,15H,4-5,8-9H2,(H,13,14). The van der Waals surface area contributed by atoms with Crippen molar-refractivity contribution in [2.24, 2.45) is 0 Å². The van der Waals surface area contributed by atoms with E-state index in [9.17, 15) is 14.5 Å². The number of benzene rings is 1. The average molecular weight is 254 g/mol. The fourth-order valence-corrected chi connectivity index (χ4v) is 1.86. The lowest BCUT2D eigenvalue weighted by Gasteiger charge is -2.14. The summed E-state index contributed by atoms with van der Waals surface area (Å²) in [6.07, 6.45) is 2.11. The predicted molar refractivity (Wildman–Crippen MR) is 64.2 cm³/mol. The SMILES string of the molecule is O=PC(O)(CCCCc1ccccc1)C(=O)O. The normalized spacial score (nSPS) is 14.4. The molecule has 1 unspecified atom stereocenters. The molecule has 1 aromatic carbocycles. The highest BCUT2D eigenvalue weighted by atomic mass is 31.1. The maximum atomic E-state index is 10.7. The second-order valence-electron chi connectivity index (χ2n) is 3.91. The van der Waals surface area contributed by atoms with E-state index in [0.717, 1.165) is 12.8 Å². The molecule has 4 nitrogen and oxygen atoms in total. The minimum absolute atomic E-state index is 0.000221. The number of rotatable bonds is 7. The molecule has 1 aromatic rings. The molecule has 92 valence electrons. The van der Waals surface area contributed by atoms with E-state index in [0.29, 0.717) is 6.42 Å². The summed E-state index contributed by atoms with van der Waals surface area (Å²) in [6.45, 7) is 0. The zero-order chi connectivity index (χ0) is 12.7. The van der Waals surface area contributed by atoms with Crippen LogP contribution in [0.1, 0.15) is 24.8 Å². The fourth-order valence-electron chi connectivity index (χ4n) is 1.54. The van der Waals surface area contributed by atoms with Crippen molar-refractivity contribution in [1.82, 2.24) is 0 Å². The topological polar surface area (TPSA) is 74.6 Å². The van der Waals surface area contributed by atoms with Gasteiger partial charge in [0.2, 0.25) is 13.8 Å². The Kier molecular flexibility index (Phi) is 5.26. The summed E-state index contributed by atoms with van der Waals surface area (Å²) in [6, 6.07) is 9.81. The molecular formula is C12H15O4P. The van der Waals surface area contributed by atoms with E-state index in [1.54, 1.807) is 0 Å². The molecule has 0 spiro atoms. The van der Waals surface area contributed by atoms with Crippen molar-refractivity contribution in [3.63, 3.8) is 0 Å². The monoisotopic (exact) mass is 254 g/mol. The first-order chi connectivity index (χ1) is 8.08. The van der Waals surface area contributed by atoms with Gasteiger partial charge in [-0.2, -0.15) is 0 Å². The highest BCUT2D eigenvalue weighted by Crippen LogP contribution is 2.26. The summed E-state index contributed by atoms with van der Waals surface area (Å²) < 4.78 is 10.6. The van der Waals surface area contributed by atoms with Gasteiger partial charge in [0.05, 0.1) is 0 Å². The van der Waals surface area contributed by atoms with E-state index < -0.39 is 19.8 Å². The molecule has 0 aliphatic rings. The van der Waals surface area contributed by atoms with E-state index in [1.165, 1.54) is 5.56 Å². The van der Waals surface area contributed by atoms with Crippen LogP contribution in [-0.2, 0) is 15.8 Å². The number of carboxylic acid groups (broad SMARTS) is 1. The van der Waals surface area contributed by atoms with E-state index in [-0.39, 0.29) is 6.42 Å². The maximum absolute atomic E-state index is 10.7. The minimum Gasteiger partial charge on any atom is -0.479 e. The van der Waals surface area contributed by atoms with Crippen molar-refractivity contribution in [2.45, 2.75) is 31.0 Å². The van der Waals surface area contributed by atoms with Gasteiger partial charge in [-0.3, -0.25) is 4.57 Å². The average Bonchev–Trinajstić information content (AvgIpc) is 2.35. The van der Waals surface area contributed by atoms with Crippen molar-refractivity contribution < 1.29 is 19.6 Å². The first-order valence-electron chi connectivity index (χ1n) is 5.43. The number of aryl methyl sites for hydroxylation is 1. The summed E-state index contributed by atoms with van der Waals surface area (Å²) in [7, 11) is -0.751. The number of aliphatic hydroxyl groups is 1. The predicted octanol–water partition coefficient (Wildman–Crippen LogP) is 2.46. The molecular weight excluding hydrogens is 239 g/mol. The second kappa shape index (κ2) is 6.48. The second-order valence-corrected chi connectivity index (χ2v) is 4.83. The summed E-state index contributed by atoms with van der Waals surface area (Å²) >= 11 is 0. The Bertz CT molecular complexity index is 379. The van der Waals surface area contributed by atoms with Gasteiger partial charge < -0.3 is 10.2 Å². The third kappa shape index (κ3) is 4.25. The Labute approximate surface area is 101 Å². The first kappa shape index (κ1) is 13.8. The highest BCUT2D eigenvalue weighted by molar-refractivity contribution is 7.27. The van der Waals surface area contributed by atoms with Crippen LogP contribution in [0.25, 0.3) is 0 Å². The number of hydrogen-bond acceptors (Lipinski definition) is 3. The van der Waals surface area contributed by atoms with Crippen molar-refractivity contribution in [2.75, 3.05) is 0 Å². The van der Waals surface area contributed by atoms with E-state index in [2.05, 4.69) is 0 Å². The molecule has 0 aromatic heterocycles. The minimum atomic E-state index is -2.13. The van der Waals surface area contributed by atoms with Crippen LogP contribution >= 0.6 is 8.46 Å². The third-order valence-electron chi connectivity index (χ3n) is 2.58. The quantitative estimate of drug-likeness (QED) is 0.579. The summed E-state index contributed by atoms with van der Waals surface area (Å²) in [4.78, 5) is 10.7. The number of unbranched alkanes of at least 4 members (excludes halogenated alkanes) is 1. The number of carbonyl (C=O) groups is 1. The Morgan fingerprint density at radius 2 is 1.88 bits per heavy atom. The van der Waals surface area contributed by atoms with E-state index in [1.807, 2.05) is 30.3 Å². The van der Waals surface area contributed by atoms with Gasteiger partial charge in [0.1, 0.15) is 0 Å². The maximum Gasteiger partial charge on any atom is 0.348 e. The number of aliphatic carboxylic acids is 1. The zero-order valence-corrected chi connectivity index (χ0v) is 10.3. The molecule has 0 bridgehead atoms. The van der Waals surface area contributed by atoms with E-state index >= 15 is 0 Å². The Balaban J connectivity index is 2.33. The van der Waals surface area contributed by atoms with Gasteiger partial charge in [-0.25, -0.2) is 4.79 Å². The lowest BCUT2D eigenvalue weighted by molar-refractivity contribution is -0.150. The van der Waals surface area contributed by atoms with Crippen LogP contribution in [0.2, 0.25) is 0 Å². The molecule has 0 aliphatic heterocycles. The van der Waals surface area contributed by atoms with Crippen molar-refractivity contribution >= 4 is 14.4 Å². The van der Waals surface area contributed by atoms with E-state index in [4.69, 9.17) is 5.11 Å². The molecule has 5 heteroatoms. The molecule has 0 aliphatic carbocycles. The zero-order valence-electron chi connectivity index (χ0n) is 9.37. The fraction of sp³-hybridized carbons (Fsp3) is 0.417. The van der Waals surface area contributed by atoms with Gasteiger partial charge in [0.15, 0.2) is 0 Å². The van der Waals surface area contributed by atoms with Gasteiger partial charge in [0, 0.05) is 0 Å². The van der Waals surface area contributed by atoms with Gasteiger partial charge in [0.25, 0.3) is 0 Å². The largest absolute Gasteiger partial charge is 0.479 e. The highest BCUT2D eigenvalue weighted by Gasteiger charge is 2.36. The molecule has 0 radical (unpaired) electrons. The Morgan fingerprint density at radius 1 is 1.24 bits per heavy atom. The lowest BCUT2D eigenvalue weighted by atomic mass is 10.1. The van der Waals surface area contributed by atoms with Crippen LogP contribution in [0.5, 0.6) is 0 Å². The molecule has 0 fully saturated rings. The van der Waals surface area contributed by atoms with Crippen molar-refractivity contribution in [3.05, 3.63) is 35.9 Å². The smallest absolute Gasteiger partial charge is 0.348 e. The molecule has 0 amide bonds. The molecule has 0 saturated heterocycles. The Morgan fingerprint density at radius 3 is 2.41 bits per heavy atom. The summed E-state index contributed by atoms with van der Waals surface area (Å²) in [5.74, 6) is -1.44. The Hall–Kier alpha value is -1.25. The summed E-state index contributed by atoms with van der Waals surface area (Å²) in [5, 5.41) is 16.0. The molecule has 1 rings (SSSR count). The third-order valence-corrected chi connectivity index (χ3v) is 3.29. The van der Waals surface area contributed by atoms with Crippen LogP contribution in [0.15, 0.2) is 30.3 Å². The lowest BCUT2D eigenvalue weighted by Crippen LogP contribution is -2.31. The van der Waals surface area contributed by atoms with Crippen LogP contribution in [0, 0.1) is 0 Å².